The number of anilines is 2. The van der Waals surface area contributed by atoms with Crippen molar-refractivity contribution in [2.75, 3.05) is 23.7 Å². The number of fused-ring (bicyclic) bond motifs is 1. The smallest absolute Gasteiger partial charge is 0.258 e. The number of nitrogens with zero attached hydrogens (tertiary/aromatic N) is 1. The first-order chi connectivity index (χ1) is 15.7. The van der Waals surface area contributed by atoms with Gasteiger partial charge in [-0.1, -0.05) is 66.6 Å². The maximum absolute atomic E-state index is 13.0. The molecule has 1 saturated heterocycles. The third-order valence-electron chi connectivity index (χ3n) is 6.12. The molecule has 2 heterocycles. The molecule has 0 radical (unpaired) electrons. The molecule has 4 nitrogen and oxygen atoms in total. The Labute approximate surface area is 193 Å². The number of carbonyl (C=O) groups is 1. The van der Waals surface area contributed by atoms with Crippen LogP contribution in [-0.4, -0.2) is 23.9 Å². The summed E-state index contributed by atoms with van der Waals surface area (Å²) in [5.74, 6) is -0.129. The summed E-state index contributed by atoms with van der Waals surface area (Å²) in [6.07, 6.45) is 3.93. The van der Waals surface area contributed by atoms with Crippen LogP contribution in [0.15, 0.2) is 72.8 Å². The first-order valence-corrected chi connectivity index (χ1v) is 11.5. The zero-order valence-corrected chi connectivity index (χ0v) is 18.7. The van der Waals surface area contributed by atoms with Gasteiger partial charge in [0.05, 0.1) is 17.0 Å². The number of benzene rings is 3. The van der Waals surface area contributed by atoms with Crippen LogP contribution in [0.1, 0.15) is 36.0 Å². The Morgan fingerprint density at radius 1 is 0.938 bits per heavy atom. The minimum atomic E-state index is -0.129. The van der Waals surface area contributed by atoms with E-state index in [0.29, 0.717) is 10.6 Å². The van der Waals surface area contributed by atoms with Crippen molar-refractivity contribution in [1.82, 2.24) is 4.90 Å². The van der Waals surface area contributed by atoms with Crippen molar-refractivity contribution in [3.05, 3.63) is 94.5 Å². The quantitative estimate of drug-likeness (QED) is 0.457. The number of hydrogen-bond acceptors (Lipinski definition) is 3. The lowest BCUT2D eigenvalue weighted by molar-refractivity contribution is -0.110. The summed E-state index contributed by atoms with van der Waals surface area (Å²) >= 11 is 6.14. The van der Waals surface area contributed by atoms with Gasteiger partial charge in [0, 0.05) is 22.8 Å². The van der Waals surface area contributed by atoms with E-state index >= 15 is 0 Å². The lowest BCUT2D eigenvalue weighted by Crippen LogP contribution is -2.29. The van der Waals surface area contributed by atoms with Crippen molar-refractivity contribution in [2.24, 2.45) is 0 Å². The second-order valence-corrected chi connectivity index (χ2v) is 8.86. The lowest BCUT2D eigenvalue weighted by Gasteiger charge is -2.26. The Bertz CT molecular complexity index is 1150. The van der Waals surface area contributed by atoms with Crippen LogP contribution in [0.25, 0.3) is 11.3 Å². The first kappa shape index (κ1) is 20.8. The summed E-state index contributed by atoms with van der Waals surface area (Å²) in [6.45, 7) is 3.36. The van der Waals surface area contributed by atoms with Crippen LogP contribution in [0.3, 0.4) is 0 Å². The molecule has 5 rings (SSSR count). The molecule has 3 aromatic carbocycles. The first-order valence-electron chi connectivity index (χ1n) is 11.2. The predicted molar refractivity (Wildman–Crippen MR) is 133 cm³/mol. The topological polar surface area (TPSA) is 44.4 Å². The highest BCUT2D eigenvalue weighted by atomic mass is 35.5. The molecule has 3 aromatic rings. The number of likely N-dealkylation sites (tertiary alicyclic amines) is 1. The zero-order chi connectivity index (χ0) is 21.9. The Morgan fingerprint density at radius 3 is 2.44 bits per heavy atom. The molecule has 2 aliphatic rings. The maximum atomic E-state index is 13.0. The van der Waals surface area contributed by atoms with Gasteiger partial charge in [0.15, 0.2) is 0 Å². The van der Waals surface area contributed by atoms with E-state index in [0.717, 1.165) is 34.7 Å². The molecule has 0 bridgehead atoms. The number of halogens is 1. The largest absolute Gasteiger partial charge is 0.354 e. The lowest BCUT2D eigenvalue weighted by atomic mass is 10.00. The highest BCUT2D eigenvalue weighted by molar-refractivity contribution is 6.38. The number of piperidine rings is 1. The standard InChI is InChI=1S/C27H26ClN3O/c28-21-11-14-23-24(17-21)30-27(32)25(23)26(20-7-3-1-4-8-20)29-22-12-9-19(10-13-22)18-31-15-5-2-6-16-31/h1,3-4,7-14,17,29H,2,5-6,15-16,18H2,(H,30,32)/b26-25-. The second kappa shape index (κ2) is 9.19. The fourth-order valence-electron chi connectivity index (χ4n) is 4.49. The van der Waals surface area contributed by atoms with Crippen LogP contribution in [0.5, 0.6) is 0 Å². The summed E-state index contributed by atoms with van der Waals surface area (Å²) < 4.78 is 0. The molecular weight excluding hydrogens is 418 g/mol. The van der Waals surface area contributed by atoms with Crippen LogP contribution in [0, 0.1) is 0 Å². The summed E-state index contributed by atoms with van der Waals surface area (Å²) in [5.41, 5.74) is 6.22. The third kappa shape index (κ3) is 4.43. The number of nitrogens with one attached hydrogen (secondary N) is 2. The van der Waals surface area contributed by atoms with Gasteiger partial charge in [-0.2, -0.15) is 0 Å². The van der Waals surface area contributed by atoms with Crippen LogP contribution >= 0.6 is 11.6 Å². The molecule has 162 valence electrons. The minimum Gasteiger partial charge on any atom is -0.354 e. The molecule has 0 unspecified atom stereocenters. The highest BCUT2D eigenvalue weighted by Gasteiger charge is 2.28. The molecule has 5 heteroatoms. The normalized spacial score (nSPS) is 17.6. The Kier molecular flexibility index (Phi) is 5.97. The van der Waals surface area contributed by atoms with Crippen LogP contribution in [-0.2, 0) is 11.3 Å². The molecule has 1 amide bonds. The average molecular weight is 444 g/mol. The van der Waals surface area contributed by atoms with Crippen molar-refractivity contribution in [3.63, 3.8) is 0 Å². The van der Waals surface area contributed by atoms with Crippen molar-refractivity contribution in [3.8, 4) is 0 Å². The molecule has 1 fully saturated rings. The van der Waals surface area contributed by atoms with E-state index in [1.165, 1.54) is 37.9 Å². The van der Waals surface area contributed by atoms with Crippen LogP contribution < -0.4 is 10.6 Å². The van der Waals surface area contributed by atoms with Crippen molar-refractivity contribution in [2.45, 2.75) is 25.8 Å². The summed E-state index contributed by atoms with van der Waals surface area (Å²) in [5, 5.41) is 7.08. The van der Waals surface area contributed by atoms with E-state index in [-0.39, 0.29) is 5.91 Å². The molecule has 0 saturated carbocycles. The van der Waals surface area contributed by atoms with E-state index < -0.39 is 0 Å². The summed E-state index contributed by atoms with van der Waals surface area (Å²) in [7, 11) is 0. The maximum Gasteiger partial charge on any atom is 0.258 e. The van der Waals surface area contributed by atoms with Gasteiger partial charge in [0.1, 0.15) is 0 Å². The van der Waals surface area contributed by atoms with Crippen molar-refractivity contribution >= 4 is 40.2 Å². The van der Waals surface area contributed by atoms with E-state index in [9.17, 15) is 4.79 Å². The van der Waals surface area contributed by atoms with Crippen LogP contribution in [0.4, 0.5) is 11.4 Å². The fraction of sp³-hybridized carbons (Fsp3) is 0.222. The van der Waals surface area contributed by atoms with Gasteiger partial charge in [0.2, 0.25) is 0 Å². The van der Waals surface area contributed by atoms with E-state index in [1.54, 1.807) is 6.07 Å². The number of hydrogen-bond donors (Lipinski definition) is 2. The SMILES string of the molecule is O=C1Nc2cc(Cl)ccc2/C1=C(/Nc1ccc(CN2CCCCC2)cc1)c1ccccc1. The number of carbonyl (C=O) groups excluding carboxylic acids is 1. The zero-order valence-electron chi connectivity index (χ0n) is 17.9. The fourth-order valence-corrected chi connectivity index (χ4v) is 4.66. The second-order valence-electron chi connectivity index (χ2n) is 8.42. The molecular formula is C27H26ClN3O. The highest BCUT2D eigenvalue weighted by Crippen LogP contribution is 2.38. The van der Waals surface area contributed by atoms with Crippen molar-refractivity contribution in [1.29, 1.82) is 0 Å². The van der Waals surface area contributed by atoms with Crippen molar-refractivity contribution < 1.29 is 4.79 Å². The monoisotopic (exact) mass is 443 g/mol. The number of amides is 1. The third-order valence-corrected chi connectivity index (χ3v) is 6.35. The molecule has 0 atom stereocenters. The van der Waals surface area contributed by atoms with Gasteiger partial charge in [-0.3, -0.25) is 9.69 Å². The number of rotatable bonds is 5. The Hall–Kier alpha value is -3.08. The van der Waals surface area contributed by atoms with Gasteiger partial charge in [-0.25, -0.2) is 0 Å². The summed E-state index contributed by atoms with van der Waals surface area (Å²) in [4.78, 5) is 15.5. The average Bonchev–Trinajstić information content (AvgIpc) is 3.14. The Balaban J connectivity index is 1.47. The predicted octanol–water partition coefficient (Wildman–Crippen LogP) is 6.26. The molecule has 0 aliphatic carbocycles. The van der Waals surface area contributed by atoms with E-state index in [2.05, 4.69) is 39.8 Å². The van der Waals surface area contributed by atoms with E-state index in [4.69, 9.17) is 11.6 Å². The molecule has 32 heavy (non-hydrogen) atoms. The van der Waals surface area contributed by atoms with Gasteiger partial charge in [-0.15, -0.1) is 0 Å². The molecule has 0 aromatic heterocycles. The van der Waals surface area contributed by atoms with Gasteiger partial charge in [0.25, 0.3) is 5.91 Å². The minimum absolute atomic E-state index is 0.129. The summed E-state index contributed by atoms with van der Waals surface area (Å²) in [6, 6.07) is 24.0. The van der Waals surface area contributed by atoms with E-state index in [1.807, 2.05) is 42.5 Å². The molecule has 2 N–H and O–H groups in total. The van der Waals surface area contributed by atoms with Gasteiger partial charge < -0.3 is 10.6 Å². The van der Waals surface area contributed by atoms with Gasteiger partial charge >= 0.3 is 0 Å². The van der Waals surface area contributed by atoms with Crippen LogP contribution in [0.2, 0.25) is 5.02 Å². The molecule has 2 aliphatic heterocycles. The Morgan fingerprint density at radius 2 is 1.69 bits per heavy atom. The molecule has 0 spiro atoms. The van der Waals surface area contributed by atoms with Gasteiger partial charge in [-0.05, 0) is 61.3 Å².